The lowest BCUT2D eigenvalue weighted by Gasteiger charge is -2.15. The Bertz CT molecular complexity index is 1250. The zero-order valence-corrected chi connectivity index (χ0v) is 19.0. The molecule has 5 heterocycles. The van der Waals surface area contributed by atoms with Crippen LogP contribution in [0.25, 0.3) is 21.9 Å². The summed E-state index contributed by atoms with van der Waals surface area (Å²) in [5.74, 6) is 1.08. The average Bonchev–Trinajstić information content (AvgIpc) is 3.44. The van der Waals surface area contributed by atoms with Crippen LogP contribution in [-0.4, -0.2) is 38.8 Å². The number of hydrogen-bond acceptors (Lipinski definition) is 6. The average molecular weight is 482 g/mol. The van der Waals surface area contributed by atoms with Gasteiger partial charge in [-0.2, -0.15) is 0 Å². The molecule has 3 unspecified atom stereocenters. The first-order valence-electron chi connectivity index (χ1n) is 10.3. The van der Waals surface area contributed by atoms with E-state index in [1.54, 1.807) is 6.33 Å². The number of pyridine rings is 1. The molecule has 3 atom stereocenters. The summed E-state index contributed by atoms with van der Waals surface area (Å²) in [6.07, 6.45) is 5.04. The molecule has 1 aromatic carbocycles. The number of fused-ring (bicyclic) bond motifs is 3. The minimum atomic E-state index is 0.0932. The van der Waals surface area contributed by atoms with Gasteiger partial charge in [-0.05, 0) is 53.5 Å². The summed E-state index contributed by atoms with van der Waals surface area (Å²) in [6, 6.07) is 10.2. The van der Waals surface area contributed by atoms with Crippen molar-refractivity contribution in [3.63, 3.8) is 0 Å². The first kappa shape index (κ1) is 20.4. The molecule has 8 heteroatoms. The van der Waals surface area contributed by atoms with Gasteiger partial charge in [0, 0.05) is 29.3 Å². The Morgan fingerprint density at radius 3 is 2.84 bits per heavy atom. The Morgan fingerprint density at radius 1 is 1.13 bits per heavy atom. The molecule has 31 heavy (non-hydrogen) atoms. The second kappa shape index (κ2) is 8.18. The maximum Gasteiger partial charge on any atom is 0.145 e. The molecule has 0 bridgehead atoms. The number of nitrogens with two attached hydrogens (primary N) is 1. The molecule has 2 aliphatic heterocycles. The van der Waals surface area contributed by atoms with Crippen LogP contribution in [0, 0.1) is 19.8 Å². The molecular weight excluding hydrogens is 458 g/mol. The molecule has 7 nitrogen and oxygen atoms in total. The van der Waals surface area contributed by atoms with Gasteiger partial charge in [0.15, 0.2) is 0 Å². The maximum atomic E-state index is 6.06. The smallest absolute Gasteiger partial charge is 0.145 e. The molecule has 160 valence electrons. The monoisotopic (exact) mass is 481 g/mol. The minimum Gasteiger partial charge on any atom is -0.383 e. The molecule has 0 spiro atoms. The number of anilines is 1. The fraction of sp³-hybridized carbons (Fsp3) is 0.348. The second-order valence-corrected chi connectivity index (χ2v) is 8.99. The van der Waals surface area contributed by atoms with Crippen LogP contribution >= 0.6 is 15.9 Å². The van der Waals surface area contributed by atoms with E-state index >= 15 is 0 Å². The Labute approximate surface area is 188 Å². The van der Waals surface area contributed by atoms with E-state index in [9.17, 15) is 0 Å². The highest BCUT2D eigenvalue weighted by Crippen LogP contribution is 2.38. The summed E-state index contributed by atoms with van der Waals surface area (Å²) < 4.78 is 14.5. The molecule has 4 aromatic rings. The van der Waals surface area contributed by atoms with Crippen molar-refractivity contribution in [3.8, 4) is 0 Å². The second-order valence-electron chi connectivity index (χ2n) is 8.13. The van der Waals surface area contributed by atoms with Gasteiger partial charge in [0.25, 0.3) is 0 Å². The van der Waals surface area contributed by atoms with Gasteiger partial charge in [0.1, 0.15) is 24.0 Å². The maximum absolute atomic E-state index is 6.06. The fourth-order valence-corrected chi connectivity index (χ4v) is 4.58. The lowest BCUT2D eigenvalue weighted by Crippen LogP contribution is -2.14. The number of aromatic nitrogens is 4. The molecule has 2 fully saturated rings. The van der Waals surface area contributed by atoms with Crippen LogP contribution in [0.5, 0.6) is 0 Å². The lowest BCUT2D eigenvalue weighted by molar-refractivity contribution is -0.0145. The minimum absolute atomic E-state index is 0.0932. The van der Waals surface area contributed by atoms with Crippen LogP contribution in [0.3, 0.4) is 0 Å². The highest BCUT2D eigenvalue weighted by molar-refractivity contribution is 9.10. The van der Waals surface area contributed by atoms with E-state index in [1.165, 1.54) is 5.56 Å². The van der Waals surface area contributed by atoms with Gasteiger partial charge in [-0.25, -0.2) is 15.0 Å². The van der Waals surface area contributed by atoms with Gasteiger partial charge >= 0.3 is 0 Å². The zero-order chi connectivity index (χ0) is 21.5. The topological polar surface area (TPSA) is 88.1 Å². The molecule has 2 aliphatic rings. The highest BCUT2D eigenvalue weighted by Gasteiger charge is 2.40. The summed E-state index contributed by atoms with van der Waals surface area (Å²) in [6.45, 7) is 5.61. The van der Waals surface area contributed by atoms with E-state index in [0.29, 0.717) is 11.7 Å². The summed E-state index contributed by atoms with van der Waals surface area (Å²) >= 11 is 3.35. The van der Waals surface area contributed by atoms with Crippen molar-refractivity contribution in [2.45, 2.75) is 32.6 Å². The summed E-state index contributed by atoms with van der Waals surface area (Å²) in [5, 5.41) is 2.21. The van der Waals surface area contributed by atoms with Crippen molar-refractivity contribution in [2.75, 3.05) is 18.9 Å². The predicted molar refractivity (Wildman–Crippen MR) is 124 cm³/mol. The van der Waals surface area contributed by atoms with Crippen molar-refractivity contribution in [2.24, 2.45) is 5.92 Å². The number of nitrogens with zero attached hydrogens (tertiary/aromatic N) is 4. The number of halogens is 1. The van der Waals surface area contributed by atoms with Crippen molar-refractivity contribution in [1.82, 2.24) is 19.5 Å². The van der Waals surface area contributed by atoms with Gasteiger partial charge in [0.2, 0.25) is 0 Å². The van der Waals surface area contributed by atoms with E-state index in [2.05, 4.69) is 53.8 Å². The quantitative estimate of drug-likeness (QED) is 0.428. The van der Waals surface area contributed by atoms with Crippen LogP contribution in [0.15, 0.2) is 47.3 Å². The van der Waals surface area contributed by atoms with Crippen LogP contribution in [0.4, 0.5) is 5.82 Å². The molecule has 0 radical (unpaired) electrons. The number of ether oxygens (including phenoxy) is 2. The Kier molecular flexibility index (Phi) is 5.37. The van der Waals surface area contributed by atoms with Crippen molar-refractivity contribution >= 4 is 43.7 Å². The predicted octanol–water partition coefficient (Wildman–Crippen LogP) is 4.56. The molecule has 3 aromatic heterocycles. The fourth-order valence-electron chi connectivity index (χ4n) is 4.24. The van der Waals surface area contributed by atoms with Crippen molar-refractivity contribution in [1.29, 1.82) is 0 Å². The van der Waals surface area contributed by atoms with Gasteiger partial charge in [-0.3, -0.25) is 0 Å². The van der Waals surface area contributed by atoms with E-state index in [-0.39, 0.29) is 12.3 Å². The number of benzene rings is 1. The number of hydrogen-bond donors (Lipinski definition) is 1. The molecular formula is C23H24BrN5O2. The van der Waals surface area contributed by atoms with Gasteiger partial charge in [0.05, 0.1) is 35.0 Å². The molecule has 2 N–H and O–H groups in total. The van der Waals surface area contributed by atoms with E-state index in [1.807, 2.05) is 32.0 Å². The third-order valence-corrected chi connectivity index (χ3v) is 6.58. The SMILES string of the molecule is Cc1ccc2cc(Br)c(N)nc2c1.Cc1ncnc2c1ccn2C1CC2COCC2O1. The molecule has 0 aliphatic carbocycles. The Balaban J connectivity index is 0.000000140. The molecule has 0 saturated carbocycles. The number of aryl methyl sites for hydroxylation is 2. The van der Waals surface area contributed by atoms with Crippen LogP contribution in [0.1, 0.15) is 23.9 Å². The van der Waals surface area contributed by atoms with Crippen LogP contribution < -0.4 is 5.73 Å². The van der Waals surface area contributed by atoms with Gasteiger partial charge in [-0.15, -0.1) is 0 Å². The first-order valence-corrected chi connectivity index (χ1v) is 11.1. The third-order valence-electron chi connectivity index (χ3n) is 5.95. The summed E-state index contributed by atoms with van der Waals surface area (Å²) in [4.78, 5) is 12.9. The summed E-state index contributed by atoms with van der Waals surface area (Å²) in [7, 11) is 0. The largest absolute Gasteiger partial charge is 0.383 e. The van der Waals surface area contributed by atoms with Crippen molar-refractivity contribution < 1.29 is 9.47 Å². The van der Waals surface area contributed by atoms with Crippen molar-refractivity contribution in [3.05, 3.63) is 58.6 Å². The van der Waals surface area contributed by atoms with E-state index in [0.717, 1.165) is 51.7 Å². The third kappa shape index (κ3) is 3.91. The Hall–Kier alpha value is -2.55. The van der Waals surface area contributed by atoms with Gasteiger partial charge in [-0.1, -0.05) is 12.1 Å². The molecule has 2 saturated heterocycles. The van der Waals surface area contributed by atoms with E-state index in [4.69, 9.17) is 15.2 Å². The number of nitrogen functional groups attached to an aromatic ring is 1. The Morgan fingerprint density at radius 2 is 2.00 bits per heavy atom. The summed E-state index contributed by atoms with van der Waals surface area (Å²) in [5.41, 5.74) is 9.80. The molecule has 6 rings (SSSR count). The molecule has 0 amide bonds. The highest BCUT2D eigenvalue weighted by atomic mass is 79.9. The first-order chi connectivity index (χ1) is 15.0. The normalized spacial score (nSPS) is 22.5. The number of rotatable bonds is 1. The lowest BCUT2D eigenvalue weighted by atomic mass is 10.1. The van der Waals surface area contributed by atoms with Gasteiger partial charge < -0.3 is 19.8 Å². The van der Waals surface area contributed by atoms with E-state index < -0.39 is 0 Å². The van der Waals surface area contributed by atoms with Crippen LogP contribution in [-0.2, 0) is 9.47 Å². The van der Waals surface area contributed by atoms with Crippen LogP contribution in [0.2, 0.25) is 0 Å². The zero-order valence-electron chi connectivity index (χ0n) is 17.5. The standard InChI is InChI=1S/C13H15N3O2.C10H9BrN2/c1-8-10-2-3-16(13(10)15-7-14-8)12-4-9-5-17-6-11(9)18-12;1-6-2-3-7-5-8(11)10(12)13-9(7)4-6/h2-3,7,9,11-12H,4-6H2,1H3;2-5H,1H3,(H2,12,13).